The van der Waals surface area contributed by atoms with E-state index in [1.54, 1.807) is 17.5 Å². The number of thiophene rings is 1. The number of urea groups is 1. The van der Waals surface area contributed by atoms with Crippen LogP contribution in [0, 0.1) is 6.92 Å². The highest BCUT2D eigenvalue weighted by molar-refractivity contribution is 7.07. The number of amides is 2. The zero-order chi connectivity index (χ0) is 15.9. The van der Waals surface area contributed by atoms with Crippen LogP contribution in [0.2, 0.25) is 0 Å². The average molecular weight is 318 g/mol. The number of hydrogen-bond donors (Lipinski definition) is 2. The smallest absolute Gasteiger partial charge is 0.315 e. The molecular formula is C16H22N4OS. The van der Waals surface area contributed by atoms with Crippen molar-refractivity contribution in [2.24, 2.45) is 0 Å². The molecule has 2 N–H and O–H groups in total. The highest BCUT2D eigenvalue weighted by atomic mass is 32.1. The third-order valence-electron chi connectivity index (χ3n) is 3.43. The summed E-state index contributed by atoms with van der Waals surface area (Å²) in [5, 5.41) is 9.94. The lowest BCUT2D eigenvalue weighted by Gasteiger charge is -2.24. The summed E-state index contributed by atoms with van der Waals surface area (Å²) in [7, 11) is 4.03. The molecule has 0 bridgehead atoms. The first-order valence-corrected chi connectivity index (χ1v) is 8.12. The molecule has 2 amide bonds. The van der Waals surface area contributed by atoms with Crippen LogP contribution >= 0.6 is 11.3 Å². The summed E-state index contributed by atoms with van der Waals surface area (Å²) in [6, 6.07) is 6.01. The number of likely N-dealkylation sites (N-methyl/N-ethyl adjacent to an activating group) is 1. The van der Waals surface area contributed by atoms with Crippen LogP contribution in [0.5, 0.6) is 0 Å². The first-order chi connectivity index (χ1) is 10.6. The lowest BCUT2D eigenvalue weighted by Crippen LogP contribution is -2.40. The van der Waals surface area contributed by atoms with Gasteiger partial charge in [0.25, 0.3) is 0 Å². The molecule has 0 radical (unpaired) electrons. The third kappa shape index (κ3) is 4.82. The molecule has 0 saturated carbocycles. The number of hydrogen-bond acceptors (Lipinski definition) is 4. The van der Waals surface area contributed by atoms with Crippen LogP contribution in [0.4, 0.5) is 4.79 Å². The molecule has 1 atom stereocenters. The van der Waals surface area contributed by atoms with Gasteiger partial charge in [0.1, 0.15) is 0 Å². The van der Waals surface area contributed by atoms with Crippen molar-refractivity contribution in [1.82, 2.24) is 20.5 Å². The Bertz CT molecular complexity index is 581. The number of pyridine rings is 1. The molecule has 2 rings (SSSR count). The number of nitrogens with one attached hydrogen (secondary N) is 2. The second-order valence-electron chi connectivity index (χ2n) is 5.41. The van der Waals surface area contributed by atoms with E-state index in [2.05, 4.69) is 37.3 Å². The predicted molar refractivity (Wildman–Crippen MR) is 90.0 cm³/mol. The summed E-state index contributed by atoms with van der Waals surface area (Å²) in [6.07, 6.45) is 1.78. The Morgan fingerprint density at radius 3 is 2.73 bits per heavy atom. The molecule has 22 heavy (non-hydrogen) atoms. The van der Waals surface area contributed by atoms with Crippen LogP contribution in [0.1, 0.15) is 22.9 Å². The predicted octanol–water partition coefficient (Wildman–Crippen LogP) is 2.55. The van der Waals surface area contributed by atoms with E-state index in [9.17, 15) is 4.79 Å². The average Bonchev–Trinajstić information content (AvgIpc) is 3.00. The maximum atomic E-state index is 11.9. The monoisotopic (exact) mass is 318 g/mol. The second kappa shape index (κ2) is 7.91. The van der Waals surface area contributed by atoms with Gasteiger partial charge in [-0.3, -0.25) is 4.98 Å². The van der Waals surface area contributed by atoms with Gasteiger partial charge in [-0.05, 0) is 55.0 Å². The fourth-order valence-electron chi connectivity index (χ4n) is 2.10. The minimum atomic E-state index is -0.164. The van der Waals surface area contributed by atoms with Gasteiger partial charge in [0.05, 0.1) is 6.04 Å². The van der Waals surface area contributed by atoms with E-state index in [-0.39, 0.29) is 12.1 Å². The SMILES string of the molecule is Cc1ccc(CNC(=O)NC[C@H](c2ccsc2)N(C)C)cn1. The number of carbonyl (C=O) groups excluding carboxylic acids is 1. The van der Waals surface area contributed by atoms with Crippen molar-refractivity contribution >= 4 is 17.4 Å². The van der Waals surface area contributed by atoms with E-state index in [1.165, 1.54) is 5.56 Å². The van der Waals surface area contributed by atoms with Crippen molar-refractivity contribution in [3.8, 4) is 0 Å². The molecule has 2 aromatic heterocycles. The summed E-state index contributed by atoms with van der Waals surface area (Å²) in [4.78, 5) is 18.2. The largest absolute Gasteiger partial charge is 0.336 e. The molecule has 0 aromatic carbocycles. The summed E-state index contributed by atoms with van der Waals surface area (Å²) in [5.41, 5.74) is 3.18. The second-order valence-corrected chi connectivity index (χ2v) is 6.19. The van der Waals surface area contributed by atoms with Crippen LogP contribution in [-0.2, 0) is 6.54 Å². The Balaban J connectivity index is 1.80. The molecule has 0 aliphatic heterocycles. The molecule has 0 fully saturated rings. The van der Waals surface area contributed by atoms with Crippen LogP contribution < -0.4 is 10.6 Å². The first-order valence-electron chi connectivity index (χ1n) is 7.18. The van der Waals surface area contributed by atoms with Crippen LogP contribution in [0.15, 0.2) is 35.2 Å². The van der Waals surface area contributed by atoms with Gasteiger partial charge in [-0.15, -0.1) is 0 Å². The van der Waals surface area contributed by atoms with Gasteiger partial charge < -0.3 is 15.5 Å². The third-order valence-corrected chi connectivity index (χ3v) is 4.13. The number of aryl methyl sites for hydroxylation is 1. The zero-order valence-electron chi connectivity index (χ0n) is 13.2. The van der Waals surface area contributed by atoms with Crippen molar-refractivity contribution in [3.63, 3.8) is 0 Å². The summed E-state index contributed by atoms with van der Waals surface area (Å²) >= 11 is 1.67. The van der Waals surface area contributed by atoms with Gasteiger partial charge in [0.2, 0.25) is 0 Å². The van der Waals surface area contributed by atoms with Crippen LogP contribution in [0.3, 0.4) is 0 Å². The number of aromatic nitrogens is 1. The van der Waals surface area contributed by atoms with Crippen molar-refractivity contribution in [1.29, 1.82) is 0 Å². The molecule has 0 spiro atoms. The lowest BCUT2D eigenvalue weighted by atomic mass is 10.1. The maximum absolute atomic E-state index is 11.9. The van der Waals surface area contributed by atoms with Gasteiger partial charge in [0.15, 0.2) is 0 Å². The Morgan fingerprint density at radius 1 is 1.32 bits per heavy atom. The molecule has 5 nitrogen and oxygen atoms in total. The molecule has 0 saturated heterocycles. The summed E-state index contributed by atoms with van der Waals surface area (Å²) in [6.45, 7) is 2.99. The molecule has 2 aromatic rings. The van der Waals surface area contributed by atoms with E-state index in [0.717, 1.165) is 11.3 Å². The first kappa shape index (κ1) is 16.5. The van der Waals surface area contributed by atoms with E-state index >= 15 is 0 Å². The standard InChI is InChI=1S/C16H22N4OS/c1-12-4-5-13(8-17-12)9-18-16(21)19-10-15(20(2)3)14-6-7-22-11-14/h4-8,11,15H,9-10H2,1-3H3,(H2,18,19,21)/t15-/m1/s1. The zero-order valence-corrected chi connectivity index (χ0v) is 14.0. The van der Waals surface area contributed by atoms with E-state index in [0.29, 0.717) is 13.1 Å². The van der Waals surface area contributed by atoms with Crippen molar-refractivity contribution < 1.29 is 4.79 Å². The molecular weight excluding hydrogens is 296 g/mol. The van der Waals surface area contributed by atoms with Gasteiger partial charge in [-0.2, -0.15) is 11.3 Å². The Kier molecular flexibility index (Phi) is 5.91. The quantitative estimate of drug-likeness (QED) is 0.860. The summed E-state index contributed by atoms with van der Waals surface area (Å²) < 4.78 is 0. The summed E-state index contributed by atoms with van der Waals surface area (Å²) in [5.74, 6) is 0. The fraction of sp³-hybridized carbons (Fsp3) is 0.375. The maximum Gasteiger partial charge on any atom is 0.315 e. The molecule has 0 aliphatic rings. The van der Waals surface area contributed by atoms with Gasteiger partial charge in [0, 0.05) is 25.0 Å². The molecule has 2 heterocycles. The van der Waals surface area contributed by atoms with Crippen molar-refractivity contribution in [3.05, 3.63) is 52.0 Å². The minimum Gasteiger partial charge on any atom is -0.336 e. The van der Waals surface area contributed by atoms with Gasteiger partial charge >= 0.3 is 6.03 Å². The number of carbonyl (C=O) groups is 1. The highest BCUT2D eigenvalue weighted by Crippen LogP contribution is 2.19. The van der Waals surface area contributed by atoms with Crippen molar-refractivity contribution in [2.75, 3.05) is 20.6 Å². The van der Waals surface area contributed by atoms with Crippen LogP contribution in [-0.4, -0.2) is 36.6 Å². The highest BCUT2D eigenvalue weighted by Gasteiger charge is 2.15. The van der Waals surface area contributed by atoms with Crippen LogP contribution in [0.25, 0.3) is 0 Å². The molecule has 0 aliphatic carbocycles. The van der Waals surface area contributed by atoms with Gasteiger partial charge in [-0.25, -0.2) is 4.79 Å². The van der Waals surface area contributed by atoms with E-state index < -0.39 is 0 Å². The Labute approximate surface area is 135 Å². The van der Waals surface area contributed by atoms with E-state index in [4.69, 9.17) is 0 Å². The Morgan fingerprint density at radius 2 is 2.14 bits per heavy atom. The normalized spacial score (nSPS) is 12.2. The van der Waals surface area contributed by atoms with Crippen molar-refractivity contribution in [2.45, 2.75) is 19.5 Å². The molecule has 118 valence electrons. The van der Waals surface area contributed by atoms with Gasteiger partial charge in [-0.1, -0.05) is 6.07 Å². The topological polar surface area (TPSA) is 57.3 Å². The molecule has 0 unspecified atom stereocenters. The number of nitrogens with zero attached hydrogens (tertiary/aromatic N) is 2. The fourth-order valence-corrected chi connectivity index (χ4v) is 2.81. The Hall–Kier alpha value is -1.92. The number of rotatable bonds is 6. The lowest BCUT2D eigenvalue weighted by molar-refractivity contribution is 0.232. The van der Waals surface area contributed by atoms with E-state index in [1.807, 2.05) is 33.2 Å². The molecule has 6 heteroatoms. The minimum absolute atomic E-state index is 0.164.